The lowest BCUT2D eigenvalue weighted by molar-refractivity contribution is -0.137. The van der Waals surface area contributed by atoms with Crippen molar-refractivity contribution in [3.05, 3.63) is 29.6 Å². The van der Waals surface area contributed by atoms with Crippen LogP contribution in [0.15, 0.2) is 23.3 Å². The molecular weight excluding hydrogens is 193 g/mol. The number of nitrogens with zero attached hydrogens (tertiary/aromatic N) is 2. The second kappa shape index (κ2) is 3.77. The minimum atomic E-state index is -4.38. The van der Waals surface area contributed by atoms with Gasteiger partial charge in [-0.3, -0.25) is 9.98 Å². The largest absolute Gasteiger partial charge is 0.418 e. The Kier molecular flexibility index (Phi) is 2.88. The molecule has 0 saturated carbocycles. The zero-order valence-electron chi connectivity index (χ0n) is 7.76. The fraction of sp³-hybridized carbons (Fsp3) is 0.333. The Balaban J connectivity index is 3.31. The summed E-state index contributed by atoms with van der Waals surface area (Å²) in [7, 11) is 1.43. The molecule has 0 N–H and O–H groups in total. The van der Waals surface area contributed by atoms with E-state index in [1.54, 1.807) is 0 Å². The Morgan fingerprint density at radius 2 is 2.07 bits per heavy atom. The second-order valence-corrected chi connectivity index (χ2v) is 2.71. The van der Waals surface area contributed by atoms with Crippen LogP contribution in [-0.2, 0) is 6.18 Å². The number of hydrogen-bond donors (Lipinski definition) is 0. The molecule has 76 valence electrons. The van der Waals surface area contributed by atoms with Gasteiger partial charge >= 0.3 is 6.18 Å². The van der Waals surface area contributed by atoms with E-state index in [2.05, 4.69) is 9.98 Å². The standard InChI is InChI=1S/C9H9F3N2/c1-6(13-2)8-7(9(10,11)12)4-3-5-14-8/h3-5H,1-2H3. The first-order valence-electron chi connectivity index (χ1n) is 3.92. The Morgan fingerprint density at radius 1 is 1.43 bits per heavy atom. The topological polar surface area (TPSA) is 25.2 Å². The van der Waals surface area contributed by atoms with E-state index in [-0.39, 0.29) is 11.4 Å². The van der Waals surface area contributed by atoms with E-state index in [0.717, 1.165) is 6.07 Å². The van der Waals surface area contributed by atoms with Crippen molar-refractivity contribution >= 4 is 5.71 Å². The van der Waals surface area contributed by atoms with Gasteiger partial charge in [0, 0.05) is 13.2 Å². The highest BCUT2D eigenvalue weighted by Crippen LogP contribution is 2.31. The van der Waals surface area contributed by atoms with Crippen molar-refractivity contribution in [1.29, 1.82) is 0 Å². The van der Waals surface area contributed by atoms with Gasteiger partial charge < -0.3 is 0 Å². The zero-order chi connectivity index (χ0) is 10.8. The van der Waals surface area contributed by atoms with E-state index in [1.807, 2.05) is 0 Å². The summed E-state index contributed by atoms with van der Waals surface area (Å²) in [5.74, 6) is 0. The molecule has 5 heteroatoms. The van der Waals surface area contributed by atoms with Gasteiger partial charge in [-0.25, -0.2) is 0 Å². The summed E-state index contributed by atoms with van der Waals surface area (Å²) in [4.78, 5) is 7.35. The highest BCUT2D eigenvalue weighted by atomic mass is 19.4. The molecule has 1 rings (SSSR count). The quantitative estimate of drug-likeness (QED) is 0.642. The van der Waals surface area contributed by atoms with Crippen molar-refractivity contribution in [2.75, 3.05) is 7.05 Å². The normalized spacial score (nSPS) is 13.1. The van der Waals surface area contributed by atoms with Crippen LogP contribution in [0.25, 0.3) is 0 Å². The SMILES string of the molecule is CN=C(C)c1ncccc1C(F)(F)F. The first kappa shape index (κ1) is 10.7. The molecule has 0 atom stereocenters. The number of hydrogen-bond acceptors (Lipinski definition) is 2. The maximum Gasteiger partial charge on any atom is 0.418 e. The predicted octanol–water partition coefficient (Wildman–Crippen LogP) is 2.54. The minimum Gasteiger partial charge on any atom is -0.291 e. The highest BCUT2D eigenvalue weighted by molar-refractivity contribution is 5.98. The lowest BCUT2D eigenvalue weighted by Crippen LogP contribution is -2.13. The molecule has 1 heterocycles. The molecule has 0 fully saturated rings. The summed E-state index contributed by atoms with van der Waals surface area (Å²) in [6, 6.07) is 2.26. The van der Waals surface area contributed by atoms with Crippen molar-refractivity contribution in [2.45, 2.75) is 13.1 Å². The van der Waals surface area contributed by atoms with Gasteiger partial charge in [-0.2, -0.15) is 13.2 Å². The first-order valence-corrected chi connectivity index (χ1v) is 3.92. The molecule has 0 aliphatic rings. The van der Waals surface area contributed by atoms with E-state index in [1.165, 1.54) is 26.2 Å². The molecular formula is C9H9F3N2. The predicted molar refractivity (Wildman–Crippen MR) is 47.4 cm³/mol. The molecule has 1 aromatic rings. The third-order valence-corrected chi connectivity index (χ3v) is 1.79. The maximum absolute atomic E-state index is 12.5. The summed E-state index contributed by atoms with van der Waals surface area (Å²) >= 11 is 0. The van der Waals surface area contributed by atoms with E-state index in [0.29, 0.717) is 0 Å². The third kappa shape index (κ3) is 2.10. The van der Waals surface area contributed by atoms with Crippen molar-refractivity contribution < 1.29 is 13.2 Å². The first-order chi connectivity index (χ1) is 6.46. The summed E-state index contributed by atoms with van der Waals surface area (Å²) in [6.45, 7) is 1.50. The summed E-state index contributed by atoms with van der Waals surface area (Å²) in [5, 5.41) is 0. The molecule has 2 nitrogen and oxygen atoms in total. The average molecular weight is 202 g/mol. The molecule has 0 bridgehead atoms. The lowest BCUT2D eigenvalue weighted by atomic mass is 10.1. The van der Waals surface area contributed by atoms with Crippen LogP contribution in [0.4, 0.5) is 13.2 Å². The van der Waals surface area contributed by atoms with Crippen molar-refractivity contribution in [3.63, 3.8) is 0 Å². The monoisotopic (exact) mass is 202 g/mol. The molecule has 0 aliphatic heterocycles. The van der Waals surface area contributed by atoms with Gasteiger partial charge in [0.15, 0.2) is 0 Å². The Bertz CT molecular complexity index is 355. The van der Waals surface area contributed by atoms with Crippen molar-refractivity contribution in [1.82, 2.24) is 4.98 Å². The van der Waals surface area contributed by atoms with Crippen LogP contribution >= 0.6 is 0 Å². The fourth-order valence-electron chi connectivity index (χ4n) is 1.03. The molecule has 0 aromatic carbocycles. The summed E-state index contributed by atoms with van der Waals surface area (Å²) in [5.41, 5.74) is -0.580. The molecule has 1 aromatic heterocycles. The highest BCUT2D eigenvalue weighted by Gasteiger charge is 2.34. The van der Waals surface area contributed by atoms with E-state index >= 15 is 0 Å². The number of halogens is 3. The smallest absolute Gasteiger partial charge is 0.291 e. The van der Waals surface area contributed by atoms with Crippen LogP contribution in [0.2, 0.25) is 0 Å². The number of rotatable bonds is 1. The van der Waals surface area contributed by atoms with Gasteiger partial charge in [0.1, 0.15) is 0 Å². The second-order valence-electron chi connectivity index (χ2n) is 2.71. The van der Waals surface area contributed by atoms with Crippen LogP contribution < -0.4 is 0 Å². The van der Waals surface area contributed by atoms with E-state index in [4.69, 9.17) is 0 Å². The minimum absolute atomic E-state index is 0.109. The number of aliphatic imine (C=N–C) groups is 1. The molecule has 0 amide bonds. The summed E-state index contributed by atoms with van der Waals surface area (Å²) in [6.07, 6.45) is -3.06. The lowest BCUT2D eigenvalue weighted by Gasteiger charge is -2.10. The molecule has 0 spiro atoms. The van der Waals surface area contributed by atoms with E-state index in [9.17, 15) is 13.2 Å². The van der Waals surface area contributed by atoms with Crippen LogP contribution in [0.1, 0.15) is 18.2 Å². The van der Waals surface area contributed by atoms with Crippen LogP contribution in [-0.4, -0.2) is 17.7 Å². The number of pyridine rings is 1. The maximum atomic E-state index is 12.5. The van der Waals surface area contributed by atoms with Gasteiger partial charge in [-0.05, 0) is 19.1 Å². The molecule has 14 heavy (non-hydrogen) atoms. The Hall–Kier alpha value is -1.39. The van der Waals surface area contributed by atoms with Gasteiger partial charge in [0.2, 0.25) is 0 Å². The molecule has 0 radical (unpaired) electrons. The number of alkyl halides is 3. The Labute approximate surface area is 79.5 Å². The van der Waals surface area contributed by atoms with Gasteiger partial charge in [-0.1, -0.05) is 0 Å². The van der Waals surface area contributed by atoms with Crippen LogP contribution in [0.3, 0.4) is 0 Å². The zero-order valence-corrected chi connectivity index (χ0v) is 7.76. The molecule has 0 saturated heterocycles. The van der Waals surface area contributed by atoms with Gasteiger partial charge in [-0.15, -0.1) is 0 Å². The molecule has 0 aliphatic carbocycles. The Morgan fingerprint density at radius 3 is 2.57 bits per heavy atom. The van der Waals surface area contributed by atoms with Gasteiger partial charge in [0.25, 0.3) is 0 Å². The fourth-order valence-corrected chi connectivity index (χ4v) is 1.03. The number of aromatic nitrogens is 1. The summed E-state index contributed by atoms with van der Waals surface area (Å²) < 4.78 is 37.4. The van der Waals surface area contributed by atoms with E-state index < -0.39 is 11.7 Å². The van der Waals surface area contributed by atoms with Crippen LogP contribution in [0.5, 0.6) is 0 Å². The molecule has 0 unspecified atom stereocenters. The van der Waals surface area contributed by atoms with Crippen molar-refractivity contribution in [3.8, 4) is 0 Å². The average Bonchev–Trinajstić information content (AvgIpc) is 2.15. The van der Waals surface area contributed by atoms with Crippen molar-refractivity contribution in [2.24, 2.45) is 4.99 Å². The van der Waals surface area contributed by atoms with Gasteiger partial charge in [0.05, 0.1) is 17.0 Å². The third-order valence-electron chi connectivity index (χ3n) is 1.79. The van der Waals surface area contributed by atoms with Crippen LogP contribution in [0, 0.1) is 0 Å².